The Bertz CT molecular complexity index is 338. The third-order valence-corrected chi connectivity index (χ3v) is 3.99. The molecule has 0 bridgehead atoms. The molecule has 1 aliphatic rings. The highest BCUT2D eigenvalue weighted by Crippen LogP contribution is 2.49. The van der Waals surface area contributed by atoms with Gasteiger partial charge in [0.05, 0.1) is 6.10 Å². The summed E-state index contributed by atoms with van der Waals surface area (Å²) < 4.78 is 0. The van der Waals surface area contributed by atoms with Gasteiger partial charge in [-0.05, 0) is 24.3 Å². The van der Waals surface area contributed by atoms with Gasteiger partial charge in [0.15, 0.2) is 0 Å². The Kier molecular flexibility index (Phi) is 3.31. The fourth-order valence-electron chi connectivity index (χ4n) is 2.97. The van der Waals surface area contributed by atoms with Gasteiger partial charge in [0.2, 0.25) is 0 Å². The molecule has 0 aliphatic heterocycles. The van der Waals surface area contributed by atoms with Crippen molar-refractivity contribution < 1.29 is 5.11 Å². The van der Waals surface area contributed by atoms with Crippen molar-refractivity contribution in [2.75, 3.05) is 6.54 Å². The van der Waals surface area contributed by atoms with Crippen molar-refractivity contribution in [1.82, 2.24) is 0 Å². The minimum atomic E-state index is -0.413. The monoisotopic (exact) mass is 219 g/mol. The van der Waals surface area contributed by atoms with Gasteiger partial charge in [-0.25, -0.2) is 0 Å². The van der Waals surface area contributed by atoms with E-state index in [-0.39, 0.29) is 5.41 Å². The van der Waals surface area contributed by atoms with Crippen LogP contribution in [0.4, 0.5) is 0 Å². The van der Waals surface area contributed by atoms with Crippen LogP contribution >= 0.6 is 0 Å². The van der Waals surface area contributed by atoms with E-state index in [1.165, 1.54) is 6.42 Å². The first-order valence-corrected chi connectivity index (χ1v) is 6.11. The van der Waals surface area contributed by atoms with Crippen LogP contribution < -0.4 is 5.73 Å². The van der Waals surface area contributed by atoms with Crippen LogP contribution in [0.25, 0.3) is 0 Å². The first-order chi connectivity index (χ1) is 7.68. The van der Waals surface area contributed by atoms with Gasteiger partial charge in [0, 0.05) is 12.0 Å². The molecular weight excluding hydrogens is 198 g/mol. The zero-order valence-electron chi connectivity index (χ0n) is 9.89. The Hall–Kier alpha value is -0.860. The van der Waals surface area contributed by atoms with Crippen molar-refractivity contribution >= 4 is 0 Å². The highest BCUT2D eigenvalue weighted by Gasteiger charge is 2.42. The molecule has 0 heterocycles. The van der Waals surface area contributed by atoms with Gasteiger partial charge in [0.25, 0.3) is 0 Å². The summed E-state index contributed by atoms with van der Waals surface area (Å²) in [6.45, 7) is 2.82. The SMILES string of the molecule is CC1CCC(CN)(C(O)c2ccccc2)C1. The van der Waals surface area contributed by atoms with Crippen LogP contribution in [0.1, 0.15) is 37.9 Å². The van der Waals surface area contributed by atoms with Crippen molar-refractivity contribution in [1.29, 1.82) is 0 Å². The minimum Gasteiger partial charge on any atom is -0.388 e. The van der Waals surface area contributed by atoms with E-state index in [4.69, 9.17) is 5.73 Å². The molecule has 1 aliphatic carbocycles. The molecule has 16 heavy (non-hydrogen) atoms. The third kappa shape index (κ3) is 2.00. The van der Waals surface area contributed by atoms with Gasteiger partial charge < -0.3 is 10.8 Å². The first-order valence-electron chi connectivity index (χ1n) is 6.11. The Morgan fingerprint density at radius 2 is 2.12 bits per heavy atom. The van der Waals surface area contributed by atoms with Gasteiger partial charge in [-0.15, -0.1) is 0 Å². The zero-order valence-corrected chi connectivity index (χ0v) is 9.89. The lowest BCUT2D eigenvalue weighted by Gasteiger charge is -2.33. The van der Waals surface area contributed by atoms with Gasteiger partial charge in [0.1, 0.15) is 0 Å². The molecule has 0 amide bonds. The second kappa shape index (κ2) is 4.56. The van der Waals surface area contributed by atoms with Crippen LogP contribution in [0.3, 0.4) is 0 Å². The van der Waals surface area contributed by atoms with Crippen molar-refractivity contribution in [2.24, 2.45) is 17.1 Å². The normalized spacial score (nSPS) is 31.6. The summed E-state index contributed by atoms with van der Waals surface area (Å²) in [4.78, 5) is 0. The molecular formula is C14H21NO. The Morgan fingerprint density at radius 1 is 1.44 bits per heavy atom. The molecule has 2 nitrogen and oxygen atoms in total. The van der Waals surface area contributed by atoms with E-state index in [0.717, 1.165) is 18.4 Å². The van der Waals surface area contributed by atoms with Crippen LogP contribution in [-0.2, 0) is 0 Å². The quantitative estimate of drug-likeness (QED) is 0.820. The van der Waals surface area contributed by atoms with Crippen molar-refractivity contribution in [3.05, 3.63) is 35.9 Å². The minimum absolute atomic E-state index is 0.0965. The number of aliphatic hydroxyl groups excluding tert-OH is 1. The van der Waals surface area contributed by atoms with Crippen LogP contribution in [0.5, 0.6) is 0 Å². The van der Waals surface area contributed by atoms with Gasteiger partial charge in [-0.1, -0.05) is 43.7 Å². The average Bonchev–Trinajstić information content (AvgIpc) is 2.72. The summed E-state index contributed by atoms with van der Waals surface area (Å²) in [6, 6.07) is 9.90. The summed E-state index contributed by atoms with van der Waals surface area (Å²) in [5.41, 5.74) is 6.81. The molecule has 2 heteroatoms. The van der Waals surface area contributed by atoms with E-state index in [0.29, 0.717) is 12.5 Å². The molecule has 0 radical (unpaired) electrons. The van der Waals surface area contributed by atoms with E-state index in [2.05, 4.69) is 6.92 Å². The number of hydrogen-bond donors (Lipinski definition) is 2. The molecule has 1 fully saturated rings. The maximum atomic E-state index is 10.5. The summed E-state index contributed by atoms with van der Waals surface area (Å²) in [5.74, 6) is 0.682. The lowest BCUT2D eigenvalue weighted by atomic mass is 9.77. The van der Waals surface area contributed by atoms with Gasteiger partial charge in [-0.2, -0.15) is 0 Å². The van der Waals surface area contributed by atoms with Crippen molar-refractivity contribution in [3.63, 3.8) is 0 Å². The predicted octanol–water partition coefficient (Wildman–Crippen LogP) is 2.49. The molecule has 0 spiro atoms. The molecule has 1 aromatic rings. The molecule has 3 atom stereocenters. The van der Waals surface area contributed by atoms with E-state index >= 15 is 0 Å². The second-order valence-corrected chi connectivity index (χ2v) is 5.23. The highest BCUT2D eigenvalue weighted by atomic mass is 16.3. The maximum Gasteiger partial charge on any atom is 0.0858 e. The van der Waals surface area contributed by atoms with Crippen molar-refractivity contribution in [2.45, 2.75) is 32.3 Å². The third-order valence-electron chi connectivity index (χ3n) is 3.99. The number of nitrogens with two attached hydrogens (primary N) is 1. The average molecular weight is 219 g/mol. The summed E-state index contributed by atoms with van der Waals surface area (Å²) in [7, 11) is 0. The number of hydrogen-bond acceptors (Lipinski definition) is 2. The van der Waals surface area contributed by atoms with Crippen molar-refractivity contribution in [3.8, 4) is 0 Å². The molecule has 3 N–H and O–H groups in total. The topological polar surface area (TPSA) is 46.2 Å². The Balaban J connectivity index is 2.22. The number of benzene rings is 1. The second-order valence-electron chi connectivity index (χ2n) is 5.23. The molecule has 88 valence electrons. The fourth-order valence-corrected chi connectivity index (χ4v) is 2.97. The van der Waals surface area contributed by atoms with Gasteiger partial charge >= 0.3 is 0 Å². The molecule has 3 unspecified atom stereocenters. The van der Waals surface area contributed by atoms with Gasteiger partial charge in [-0.3, -0.25) is 0 Å². The predicted molar refractivity (Wildman–Crippen MR) is 65.9 cm³/mol. The van der Waals surface area contributed by atoms with Crippen LogP contribution in [0, 0.1) is 11.3 Å². The smallest absolute Gasteiger partial charge is 0.0858 e. The van der Waals surface area contributed by atoms with Crippen LogP contribution in [0.15, 0.2) is 30.3 Å². The molecule has 2 rings (SSSR count). The first kappa shape index (κ1) is 11.6. The molecule has 1 saturated carbocycles. The van der Waals surface area contributed by atoms with E-state index in [1.54, 1.807) is 0 Å². The highest BCUT2D eigenvalue weighted by molar-refractivity contribution is 5.20. The number of aliphatic hydroxyl groups is 1. The van der Waals surface area contributed by atoms with E-state index < -0.39 is 6.10 Å². The largest absolute Gasteiger partial charge is 0.388 e. The molecule has 1 aromatic carbocycles. The molecule has 0 saturated heterocycles. The zero-order chi connectivity index (χ0) is 11.6. The van der Waals surface area contributed by atoms with Crippen LogP contribution in [0.2, 0.25) is 0 Å². The van der Waals surface area contributed by atoms with E-state index in [1.807, 2.05) is 30.3 Å². The van der Waals surface area contributed by atoms with E-state index in [9.17, 15) is 5.11 Å². The fraction of sp³-hybridized carbons (Fsp3) is 0.571. The Labute approximate surface area is 97.5 Å². The molecule has 0 aromatic heterocycles. The summed E-state index contributed by atoms with van der Waals surface area (Å²) in [5, 5.41) is 10.5. The standard InChI is InChI=1S/C14H21NO/c1-11-7-8-14(9-11,10-15)13(16)12-5-3-2-4-6-12/h2-6,11,13,16H,7-10,15H2,1H3. The summed E-state index contributed by atoms with van der Waals surface area (Å²) >= 11 is 0. The summed E-state index contributed by atoms with van der Waals surface area (Å²) in [6.07, 6.45) is 2.85. The Morgan fingerprint density at radius 3 is 2.62 bits per heavy atom. The lowest BCUT2D eigenvalue weighted by molar-refractivity contribution is 0.0308. The lowest BCUT2D eigenvalue weighted by Crippen LogP contribution is -2.34. The maximum absolute atomic E-state index is 10.5. The van der Waals surface area contributed by atoms with Crippen LogP contribution in [-0.4, -0.2) is 11.7 Å². The number of rotatable bonds is 3.